The summed E-state index contributed by atoms with van der Waals surface area (Å²) in [6.45, 7) is 12.7. The average molecular weight is 458 g/mol. The molecule has 2 bridgehead atoms. The Labute approximate surface area is 205 Å². The number of nitrogens with zero attached hydrogens (tertiary/aromatic N) is 3. The molecule has 4 heteroatoms. The predicted molar refractivity (Wildman–Crippen MR) is 146 cm³/mol. The van der Waals surface area contributed by atoms with E-state index in [0.717, 1.165) is 61.3 Å². The molecule has 2 aliphatic rings. The van der Waals surface area contributed by atoms with Crippen molar-refractivity contribution in [1.82, 2.24) is 4.90 Å². The smallest absolute Gasteiger partial charge is 0.188 e. The van der Waals surface area contributed by atoms with Crippen LogP contribution in [0.25, 0.3) is 12.2 Å². The minimum atomic E-state index is 0.210. The van der Waals surface area contributed by atoms with E-state index < -0.39 is 0 Å². The van der Waals surface area contributed by atoms with Gasteiger partial charge in [0.15, 0.2) is 5.78 Å². The first kappa shape index (κ1) is 24.3. The fourth-order valence-corrected chi connectivity index (χ4v) is 5.58. The molecule has 0 N–H and O–H groups in total. The van der Waals surface area contributed by atoms with Gasteiger partial charge in [-0.3, -0.25) is 9.69 Å². The Morgan fingerprint density at radius 2 is 1.06 bits per heavy atom. The average Bonchev–Trinajstić information content (AvgIpc) is 3.18. The topological polar surface area (TPSA) is 26.8 Å². The molecule has 0 radical (unpaired) electrons. The number of piperidine rings is 1. The van der Waals surface area contributed by atoms with Crippen LogP contribution in [-0.4, -0.2) is 56.0 Å². The zero-order valence-electron chi connectivity index (χ0n) is 21.4. The van der Waals surface area contributed by atoms with E-state index in [1.54, 1.807) is 0 Å². The molecule has 2 aliphatic heterocycles. The van der Waals surface area contributed by atoms with Crippen LogP contribution in [0.5, 0.6) is 0 Å². The molecule has 0 aromatic heterocycles. The molecule has 2 unspecified atom stereocenters. The number of carbonyl (C=O) groups is 1. The van der Waals surface area contributed by atoms with Gasteiger partial charge in [-0.1, -0.05) is 24.3 Å². The highest BCUT2D eigenvalue weighted by molar-refractivity contribution is 6.16. The van der Waals surface area contributed by atoms with Crippen LogP contribution in [0.1, 0.15) is 51.7 Å². The summed E-state index contributed by atoms with van der Waals surface area (Å²) in [6.07, 6.45) is 6.31. The third kappa shape index (κ3) is 4.69. The van der Waals surface area contributed by atoms with Gasteiger partial charge in [0.2, 0.25) is 0 Å². The van der Waals surface area contributed by atoms with E-state index >= 15 is 0 Å². The summed E-state index contributed by atoms with van der Waals surface area (Å²) in [5.74, 6) is 0.214. The van der Waals surface area contributed by atoms with Crippen LogP contribution in [0.15, 0.2) is 59.7 Å². The van der Waals surface area contributed by atoms with Crippen molar-refractivity contribution < 1.29 is 4.79 Å². The van der Waals surface area contributed by atoms with E-state index in [9.17, 15) is 4.79 Å². The zero-order valence-corrected chi connectivity index (χ0v) is 21.4. The molecule has 0 saturated carbocycles. The van der Waals surface area contributed by atoms with Crippen molar-refractivity contribution in [2.24, 2.45) is 0 Å². The van der Waals surface area contributed by atoms with Gasteiger partial charge in [0.1, 0.15) is 0 Å². The molecule has 0 spiro atoms. The summed E-state index contributed by atoms with van der Waals surface area (Å²) in [4.78, 5) is 20.8. The van der Waals surface area contributed by atoms with E-state index in [4.69, 9.17) is 0 Å². The molecule has 4 rings (SSSR count). The summed E-state index contributed by atoms with van der Waals surface area (Å²) >= 11 is 0. The van der Waals surface area contributed by atoms with Crippen molar-refractivity contribution >= 4 is 29.3 Å². The van der Waals surface area contributed by atoms with Gasteiger partial charge in [0.05, 0.1) is 0 Å². The van der Waals surface area contributed by atoms with Gasteiger partial charge in [0.25, 0.3) is 0 Å². The Morgan fingerprint density at radius 3 is 1.38 bits per heavy atom. The number of hydrogen-bond donors (Lipinski definition) is 0. The van der Waals surface area contributed by atoms with Gasteiger partial charge in [-0.25, -0.2) is 0 Å². The molecule has 2 aromatic carbocycles. The molecular weight excluding hydrogens is 418 g/mol. The Hall–Kier alpha value is -2.85. The first-order valence-corrected chi connectivity index (χ1v) is 12.9. The summed E-state index contributed by atoms with van der Waals surface area (Å²) in [5, 5.41) is 0. The molecule has 2 aromatic rings. The lowest BCUT2D eigenvalue weighted by atomic mass is 9.88. The van der Waals surface area contributed by atoms with Gasteiger partial charge in [-0.2, -0.15) is 0 Å². The maximum absolute atomic E-state index is 13.7. The maximum atomic E-state index is 13.7. The molecule has 0 aliphatic carbocycles. The molecule has 4 nitrogen and oxygen atoms in total. The third-order valence-electron chi connectivity index (χ3n) is 7.63. The molecule has 34 heavy (non-hydrogen) atoms. The second kappa shape index (κ2) is 10.6. The minimum absolute atomic E-state index is 0.210. The van der Waals surface area contributed by atoms with Gasteiger partial charge in [-0.15, -0.1) is 0 Å². The number of benzene rings is 2. The van der Waals surface area contributed by atoms with Crippen molar-refractivity contribution in [3.8, 4) is 0 Å². The number of Topliss-reactive ketones (excluding diaryl/α,β-unsaturated/α-hetero) is 1. The lowest BCUT2D eigenvalue weighted by molar-refractivity contribution is -0.114. The van der Waals surface area contributed by atoms with Gasteiger partial charge in [0, 0.05) is 60.8 Å². The number of ketones is 1. The minimum Gasteiger partial charge on any atom is -0.372 e. The van der Waals surface area contributed by atoms with Crippen LogP contribution in [0.3, 0.4) is 0 Å². The van der Waals surface area contributed by atoms with Crippen molar-refractivity contribution in [3.05, 3.63) is 70.8 Å². The Bertz CT molecular complexity index is 960. The van der Waals surface area contributed by atoms with E-state index in [1.165, 1.54) is 11.4 Å². The van der Waals surface area contributed by atoms with E-state index in [0.29, 0.717) is 0 Å². The number of hydrogen-bond acceptors (Lipinski definition) is 4. The number of fused-ring (bicyclic) bond motifs is 2. The number of likely N-dealkylation sites (N-methyl/N-ethyl adjacent to an activating group) is 1. The Kier molecular flexibility index (Phi) is 7.57. The zero-order chi connectivity index (χ0) is 24.2. The standard InChI is InChI=1S/C30H39N3O/c1-6-32(7-2)24-14-10-22(11-15-24)20-26-28-18-19-29(31(28)5)27(30(26)34)21-23-12-16-25(17-13-23)33(8-3)9-4/h10-17,20-21,28-29H,6-9,18-19H2,1-5H3/b26-20-,27-21+. The van der Waals surface area contributed by atoms with Crippen molar-refractivity contribution in [1.29, 1.82) is 0 Å². The van der Waals surface area contributed by atoms with Crippen LogP contribution in [-0.2, 0) is 4.79 Å². The third-order valence-corrected chi connectivity index (χ3v) is 7.63. The first-order chi connectivity index (χ1) is 16.5. The molecule has 2 saturated heterocycles. The normalized spacial score (nSPS) is 22.6. The maximum Gasteiger partial charge on any atom is 0.188 e. The van der Waals surface area contributed by atoms with Gasteiger partial charge >= 0.3 is 0 Å². The number of rotatable bonds is 8. The van der Waals surface area contributed by atoms with E-state index in [1.807, 2.05) is 0 Å². The highest BCUT2D eigenvalue weighted by atomic mass is 16.1. The largest absolute Gasteiger partial charge is 0.372 e. The van der Waals surface area contributed by atoms with Crippen LogP contribution < -0.4 is 9.80 Å². The SMILES string of the molecule is CCN(CC)c1ccc(/C=C2\C(=O)/C(=C/c3ccc(N(CC)CC)cc3)C3CCC2N3C)cc1. The molecule has 2 atom stereocenters. The summed E-state index contributed by atoms with van der Waals surface area (Å²) in [5.41, 5.74) is 6.51. The quantitative estimate of drug-likeness (QED) is 0.462. The summed E-state index contributed by atoms with van der Waals surface area (Å²) in [7, 11) is 2.17. The highest BCUT2D eigenvalue weighted by Crippen LogP contribution is 2.40. The van der Waals surface area contributed by atoms with Crippen molar-refractivity contribution in [2.45, 2.75) is 52.6 Å². The van der Waals surface area contributed by atoms with Crippen LogP contribution in [0.4, 0.5) is 11.4 Å². The van der Waals surface area contributed by atoms with E-state index in [2.05, 4.69) is 110 Å². The van der Waals surface area contributed by atoms with Crippen molar-refractivity contribution in [3.63, 3.8) is 0 Å². The number of carbonyl (C=O) groups excluding carboxylic acids is 1. The van der Waals surface area contributed by atoms with Crippen LogP contribution >= 0.6 is 0 Å². The second-order valence-corrected chi connectivity index (χ2v) is 9.33. The van der Waals surface area contributed by atoms with Crippen LogP contribution in [0.2, 0.25) is 0 Å². The second-order valence-electron chi connectivity index (χ2n) is 9.33. The lowest BCUT2D eigenvalue weighted by Crippen LogP contribution is -2.43. The van der Waals surface area contributed by atoms with E-state index in [-0.39, 0.29) is 17.9 Å². The molecule has 0 amide bonds. The summed E-state index contributed by atoms with van der Waals surface area (Å²) < 4.78 is 0. The predicted octanol–water partition coefficient (Wildman–Crippen LogP) is 5.89. The first-order valence-electron chi connectivity index (χ1n) is 12.9. The highest BCUT2D eigenvalue weighted by Gasteiger charge is 2.44. The van der Waals surface area contributed by atoms with Crippen molar-refractivity contribution in [2.75, 3.05) is 43.0 Å². The monoisotopic (exact) mass is 457 g/mol. The lowest BCUT2D eigenvalue weighted by Gasteiger charge is -2.34. The molecule has 2 fully saturated rings. The Morgan fingerprint density at radius 1 is 0.706 bits per heavy atom. The Balaban J connectivity index is 1.63. The fraction of sp³-hybridized carbons (Fsp3) is 0.433. The fourth-order valence-electron chi connectivity index (χ4n) is 5.58. The molecule has 180 valence electrons. The van der Waals surface area contributed by atoms with Gasteiger partial charge in [-0.05, 0) is 95.1 Å². The molecule has 2 heterocycles. The molecular formula is C30H39N3O. The number of anilines is 2. The summed E-state index contributed by atoms with van der Waals surface area (Å²) in [6, 6.07) is 17.7. The van der Waals surface area contributed by atoms with Gasteiger partial charge < -0.3 is 9.80 Å². The van der Waals surface area contributed by atoms with Crippen LogP contribution in [0, 0.1) is 0 Å².